The van der Waals surface area contributed by atoms with E-state index in [4.69, 9.17) is 4.74 Å². The molecule has 24 heavy (non-hydrogen) atoms. The zero-order chi connectivity index (χ0) is 17.2. The highest BCUT2D eigenvalue weighted by molar-refractivity contribution is 14.1. The van der Waals surface area contributed by atoms with Gasteiger partial charge in [0.15, 0.2) is 0 Å². The molecule has 2 atom stereocenters. The Labute approximate surface area is 159 Å². The largest absolute Gasteiger partial charge is 0.394 e. The summed E-state index contributed by atoms with van der Waals surface area (Å²) in [5.41, 5.74) is 2.53. The number of aliphatic hydroxyl groups excluding tert-OH is 1. The molecular weight excluding hydrogens is 413 g/mol. The molecule has 0 aromatic carbocycles. The van der Waals surface area contributed by atoms with E-state index >= 15 is 0 Å². The maximum atomic E-state index is 9.30. The molecule has 4 aliphatic carbocycles. The van der Waals surface area contributed by atoms with Gasteiger partial charge < -0.3 is 14.4 Å². The van der Waals surface area contributed by atoms with Crippen molar-refractivity contribution in [3.8, 4) is 0 Å². The van der Waals surface area contributed by atoms with Crippen molar-refractivity contribution >= 4 is 22.6 Å². The maximum Gasteiger partial charge on any atom is 0.0705 e. The quantitative estimate of drug-likeness (QED) is 0.679. The number of ether oxygens (including phenoxy) is 1. The first kappa shape index (κ1) is 17.3. The van der Waals surface area contributed by atoms with Crippen molar-refractivity contribution in [3.63, 3.8) is 0 Å². The van der Waals surface area contributed by atoms with Crippen molar-refractivity contribution in [2.75, 3.05) is 13.2 Å². The Bertz CT molecular complexity index is 634. The molecule has 1 aromatic rings. The molecule has 1 heterocycles. The maximum absolute atomic E-state index is 9.30. The fourth-order valence-electron chi connectivity index (χ4n) is 7.47. The molecule has 0 saturated heterocycles. The van der Waals surface area contributed by atoms with E-state index in [-0.39, 0.29) is 12.2 Å². The molecule has 4 fully saturated rings. The molecule has 4 heteroatoms. The molecule has 0 spiro atoms. The Morgan fingerprint density at radius 3 is 2.33 bits per heavy atom. The van der Waals surface area contributed by atoms with Crippen LogP contribution in [0.15, 0.2) is 12.3 Å². The highest BCUT2D eigenvalue weighted by Crippen LogP contribution is 2.72. The van der Waals surface area contributed by atoms with Gasteiger partial charge in [0.2, 0.25) is 0 Å². The summed E-state index contributed by atoms with van der Waals surface area (Å²) in [6.45, 7) is 8.96. The average molecular weight is 443 g/mol. The molecule has 0 radical (unpaired) electrons. The monoisotopic (exact) mass is 443 g/mol. The zero-order valence-corrected chi connectivity index (χ0v) is 17.4. The van der Waals surface area contributed by atoms with Gasteiger partial charge >= 0.3 is 0 Å². The average Bonchev–Trinajstić information content (AvgIpc) is 2.73. The van der Waals surface area contributed by atoms with Crippen molar-refractivity contribution in [1.29, 1.82) is 0 Å². The SMILES string of the molecule is Cc1c(I)ccn1CC12CC3(C)CC(C)(C1)CC(OCCO)(C3)C2. The van der Waals surface area contributed by atoms with Crippen molar-refractivity contribution in [3.05, 3.63) is 21.5 Å². The van der Waals surface area contributed by atoms with E-state index in [2.05, 4.69) is 60.2 Å². The molecule has 3 nitrogen and oxygen atoms in total. The normalized spacial score (nSPS) is 43.5. The molecule has 1 aromatic heterocycles. The topological polar surface area (TPSA) is 34.4 Å². The van der Waals surface area contributed by atoms with Crippen LogP contribution >= 0.6 is 22.6 Å². The Kier molecular flexibility index (Phi) is 3.95. The first-order valence-electron chi connectivity index (χ1n) is 9.26. The minimum Gasteiger partial charge on any atom is -0.394 e. The van der Waals surface area contributed by atoms with Crippen LogP contribution in [0.1, 0.15) is 58.1 Å². The first-order valence-corrected chi connectivity index (χ1v) is 10.3. The Morgan fingerprint density at radius 2 is 1.79 bits per heavy atom. The summed E-state index contributed by atoms with van der Waals surface area (Å²) in [6.07, 6.45) is 9.79. The van der Waals surface area contributed by atoms with Crippen LogP contribution in [0.2, 0.25) is 0 Å². The highest BCUT2D eigenvalue weighted by Gasteiger charge is 2.66. The minimum absolute atomic E-state index is 0.00477. The fraction of sp³-hybridized carbons (Fsp3) is 0.800. The van der Waals surface area contributed by atoms with Crippen LogP contribution in [-0.2, 0) is 11.3 Å². The molecule has 4 saturated carbocycles. The second-order valence-corrected chi connectivity index (χ2v) is 11.0. The fourth-order valence-corrected chi connectivity index (χ4v) is 7.94. The third-order valence-corrected chi connectivity index (χ3v) is 7.97. The lowest BCUT2D eigenvalue weighted by Gasteiger charge is -2.69. The van der Waals surface area contributed by atoms with Crippen LogP contribution in [0.5, 0.6) is 0 Å². The summed E-state index contributed by atoms with van der Waals surface area (Å²) in [6, 6.07) is 2.23. The Morgan fingerprint density at radius 1 is 1.12 bits per heavy atom. The van der Waals surface area contributed by atoms with Gasteiger partial charge in [0, 0.05) is 22.0 Å². The predicted molar refractivity (Wildman–Crippen MR) is 104 cm³/mol. The lowest BCUT2D eigenvalue weighted by molar-refractivity contribution is -0.249. The third kappa shape index (κ3) is 2.77. The van der Waals surface area contributed by atoms with Gasteiger partial charge in [-0.3, -0.25) is 0 Å². The summed E-state index contributed by atoms with van der Waals surface area (Å²) >= 11 is 2.44. The summed E-state index contributed by atoms with van der Waals surface area (Å²) in [4.78, 5) is 0. The zero-order valence-electron chi connectivity index (χ0n) is 15.2. The predicted octanol–water partition coefficient (Wildman–Crippen LogP) is 4.53. The van der Waals surface area contributed by atoms with Gasteiger partial charge in [-0.2, -0.15) is 0 Å². The van der Waals surface area contributed by atoms with Crippen LogP contribution in [0.3, 0.4) is 0 Å². The first-order chi connectivity index (χ1) is 11.2. The Balaban J connectivity index is 1.69. The van der Waals surface area contributed by atoms with Gasteiger partial charge in [-0.1, -0.05) is 13.8 Å². The molecule has 4 aliphatic rings. The minimum atomic E-state index is -0.00477. The van der Waals surface area contributed by atoms with E-state index in [1.807, 2.05) is 0 Å². The number of halogens is 1. The second kappa shape index (κ2) is 5.46. The van der Waals surface area contributed by atoms with Crippen LogP contribution < -0.4 is 0 Å². The summed E-state index contributed by atoms with van der Waals surface area (Å²) in [5, 5.41) is 9.30. The van der Waals surface area contributed by atoms with Gasteiger partial charge in [0.1, 0.15) is 0 Å². The second-order valence-electron chi connectivity index (χ2n) is 9.81. The number of rotatable bonds is 5. The number of aromatic nitrogens is 1. The lowest BCUT2D eigenvalue weighted by atomic mass is 9.39. The number of hydrogen-bond donors (Lipinski definition) is 1. The number of nitrogens with zero attached hydrogens (tertiary/aromatic N) is 1. The Hall–Kier alpha value is -0.0700. The van der Waals surface area contributed by atoms with Crippen molar-refractivity contribution in [1.82, 2.24) is 4.57 Å². The molecule has 1 N–H and O–H groups in total. The van der Waals surface area contributed by atoms with Gasteiger partial charge in [-0.05, 0) is 90.4 Å². The van der Waals surface area contributed by atoms with Gasteiger partial charge in [-0.15, -0.1) is 0 Å². The molecule has 0 amide bonds. The number of aliphatic hydroxyl groups is 1. The molecule has 4 bridgehead atoms. The van der Waals surface area contributed by atoms with E-state index in [0.29, 0.717) is 22.9 Å². The molecule has 0 aliphatic heterocycles. The summed E-state index contributed by atoms with van der Waals surface area (Å²) in [5.74, 6) is 0. The van der Waals surface area contributed by atoms with Crippen molar-refractivity contribution < 1.29 is 9.84 Å². The van der Waals surface area contributed by atoms with Crippen LogP contribution in [0.25, 0.3) is 0 Å². The van der Waals surface area contributed by atoms with E-state index in [1.54, 1.807) is 0 Å². The summed E-state index contributed by atoms with van der Waals surface area (Å²) in [7, 11) is 0. The van der Waals surface area contributed by atoms with Gasteiger partial charge in [-0.25, -0.2) is 0 Å². The molecular formula is C20H30INO2. The van der Waals surface area contributed by atoms with Gasteiger partial charge in [0.25, 0.3) is 0 Å². The smallest absolute Gasteiger partial charge is 0.0705 e. The van der Waals surface area contributed by atoms with Crippen LogP contribution in [0, 0.1) is 26.7 Å². The molecule has 134 valence electrons. The van der Waals surface area contributed by atoms with Crippen molar-refractivity contribution in [2.45, 2.75) is 71.4 Å². The van der Waals surface area contributed by atoms with E-state index < -0.39 is 0 Å². The van der Waals surface area contributed by atoms with E-state index in [9.17, 15) is 5.11 Å². The highest BCUT2D eigenvalue weighted by atomic mass is 127. The van der Waals surface area contributed by atoms with Crippen LogP contribution in [0.4, 0.5) is 0 Å². The standard InChI is InChI=1S/C20H30INO2/c1-15-16(21)4-5-22(15)14-19-9-17(2)8-18(3,10-19)12-20(11-17,13-19)24-7-6-23/h4-5,23H,6-14H2,1-3H3. The van der Waals surface area contributed by atoms with Crippen LogP contribution in [-0.4, -0.2) is 28.5 Å². The van der Waals surface area contributed by atoms with E-state index in [1.165, 1.54) is 47.8 Å². The molecule has 5 rings (SSSR count). The summed E-state index contributed by atoms with van der Waals surface area (Å²) < 4.78 is 10.2. The third-order valence-electron chi connectivity index (χ3n) is 6.83. The lowest BCUT2D eigenvalue weighted by Crippen LogP contribution is -2.64. The number of hydrogen-bond acceptors (Lipinski definition) is 2. The van der Waals surface area contributed by atoms with Crippen molar-refractivity contribution in [2.24, 2.45) is 16.2 Å². The molecule has 2 unspecified atom stereocenters. The van der Waals surface area contributed by atoms with Gasteiger partial charge in [0.05, 0.1) is 18.8 Å². The van der Waals surface area contributed by atoms with E-state index in [0.717, 1.165) is 6.54 Å².